The van der Waals surface area contributed by atoms with Gasteiger partial charge in [-0.2, -0.15) is 0 Å². The Labute approximate surface area is 87.7 Å². The average molecular weight is 208 g/mol. The number of ketones is 1. The number of aromatic nitrogens is 1. The van der Waals surface area contributed by atoms with Crippen LogP contribution in [0.3, 0.4) is 0 Å². The van der Waals surface area contributed by atoms with E-state index in [0.717, 1.165) is 25.7 Å². The molecule has 0 aliphatic carbocycles. The van der Waals surface area contributed by atoms with Crippen LogP contribution in [0.4, 0.5) is 4.39 Å². The van der Waals surface area contributed by atoms with Crippen molar-refractivity contribution in [1.82, 2.24) is 10.3 Å². The summed E-state index contributed by atoms with van der Waals surface area (Å²) in [7, 11) is 0. The first-order valence-corrected chi connectivity index (χ1v) is 5.11. The molecule has 1 N–H and O–H groups in total. The quantitative estimate of drug-likeness (QED) is 0.763. The summed E-state index contributed by atoms with van der Waals surface area (Å²) in [6, 6.07) is 1.44. The molecule has 4 heteroatoms. The molecule has 0 bridgehead atoms. The molecule has 80 valence electrons. The van der Waals surface area contributed by atoms with Crippen LogP contribution in [0.2, 0.25) is 0 Å². The van der Waals surface area contributed by atoms with E-state index in [2.05, 4.69) is 10.3 Å². The van der Waals surface area contributed by atoms with Gasteiger partial charge in [-0.1, -0.05) is 0 Å². The van der Waals surface area contributed by atoms with Gasteiger partial charge in [-0.25, -0.2) is 4.39 Å². The Kier molecular flexibility index (Phi) is 3.06. The minimum atomic E-state index is -0.520. The Balaban J connectivity index is 2.04. The molecule has 1 aromatic rings. The Morgan fingerprint density at radius 1 is 1.67 bits per heavy atom. The molecule has 2 heterocycles. The van der Waals surface area contributed by atoms with Crippen molar-refractivity contribution in [3.05, 3.63) is 29.8 Å². The van der Waals surface area contributed by atoms with Gasteiger partial charge in [0.1, 0.15) is 0 Å². The largest absolute Gasteiger partial charge is 0.316 e. The molecule has 2 rings (SSSR count). The molecule has 0 radical (unpaired) electrons. The van der Waals surface area contributed by atoms with Gasteiger partial charge < -0.3 is 5.32 Å². The third kappa shape index (κ3) is 2.39. The molecule has 1 saturated heterocycles. The molecule has 15 heavy (non-hydrogen) atoms. The summed E-state index contributed by atoms with van der Waals surface area (Å²) in [5, 5.41) is 3.19. The Morgan fingerprint density at radius 2 is 2.53 bits per heavy atom. The number of hydrogen-bond acceptors (Lipinski definition) is 3. The molecular weight excluding hydrogens is 195 g/mol. The van der Waals surface area contributed by atoms with Gasteiger partial charge in [0.2, 0.25) is 0 Å². The van der Waals surface area contributed by atoms with E-state index < -0.39 is 5.82 Å². The third-order valence-electron chi connectivity index (χ3n) is 2.71. The second kappa shape index (κ2) is 4.49. The van der Waals surface area contributed by atoms with Crippen molar-refractivity contribution in [2.24, 2.45) is 5.92 Å². The van der Waals surface area contributed by atoms with E-state index in [4.69, 9.17) is 0 Å². The van der Waals surface area contributed by atoms with Crippen LogP contribution >= 0.6 is 0 Å². The second-order valence-electron chi connectivity index (χ2n) is 3.84. The topological polar surface area (TPSA) is 42.0 Å². The summed E-state index contributed by atoms with van der Waals surface area (Å²) in [4.78, 5) is 15.3. The van der Waals surface area contributed by atoms with Gasteiger partial charge in [-0.15, -0.1) is 0 Å². The maximum absolute atomic E-state index is 13.2. The van der Waals surface area contributed by atoms with Crippen molar-refractivity contribution in [3.8, 4) is 0 Å². The predicted molar refractivity (Wildman–Crippen MR) is 54.1 cm³/mol. The van der Waals surface area contributed by atoms with E-state index in [1.807, 2.05) is 0 Å². The normalized spacial score (nSPS) is 20.5. The van der Waals surface area contributed by atoms with Crippen molar-refractivity contribution < 1.29 is 9.18 Å². The van der Waals surface area contributed by atoms with Crippen molar-refractivity contribution >= 4 is 5.78 Å². The number of nitrogens with one attached hydrogen (secondary N) is 1. The molecule has 1 aliphatic rings. The smallest absolute Gasteiger partial charge is 0.166 e. The molecule has 1 unspecified atom stereocenters. The molecule has 1 fully saturated rings. The minimum Gasteiger partial charge on any atom is -0.316 e. The molecule has 1 aliphatic heterocycles. The standard InChI is InChI=1S/C11H13FN2O/c12-10-7-14-4-2-9(10)11(15)5-8-1-3-13-6-8/h2,4,7-8,13H,1,3,5-6H2. The second-order valence-corrected chi connectivity index (χ2v) is 3.84. The third-order valence-corrected chi connectivity index (χ3v) is 2.71. The first-order valence-electron chi connectivity index (χ1n) is 5.11. The molecule has 1 atom stereocenters. The fourth-order valence-corrected chi connectivity index (χ4v) is 1.86. The molecular formula is C11H13FN2O. The lowest BCUT2D eigenvalue weighted by atomic mass is 9.98. The number of nitrogens with zero attached hydrogens (tertiary/aromatic N) is 1. The van der Waals surface area contributed by atoms with Crippen LogP contribution in [-0.4, -0.2) is 23.9 Å². The lowest BCUT2D eigenvalue weighted by Gasteiger charge is -2.07. The van der Waals surface area contributed by atoms with E-state index in [1.54, 1.807) is 0 Å². The van der Waals surface area contributed by atoms with Crippen LogP contribution in [0.15, 0.2) is 18.5 Å². The van der Waals surface area contributed by atoms with Crippen LogP contribution in [-0.2, 0) is 0 Å². The molecule has 0 saturated carbocycles. The predicted octanol–water partition coefficient (Wildman–Crippen LogP) is 1.40. The molecule has 0 spiro atoms. The molecule has 3 nitrogen and oxygen atoms in total. The Hall–Kier alpha value is -1.29. The summed E-state index contributed by atoms with van der Waals surface area (Å²) in [6.07, 6.45) is 3.95. The number of hydrogen-bond donors (Lipinski definition) is 1. The molecule has 0 amide bonds. The minimum absolute atomic E-state index is 0.122. The van der Waals surface area contributed by atoms with Gasteiger partial charge >= 0.3 is 0 Å². The summed E-state index contributed by atoms with van der Waals surface area (Å²) < 4.78 is 13.2. The van der Waals surface area contributed by atoms with E-state index in [1.165, 1.54) is 12.3 Å². The average Bonchev–Trinajstić information content (AvgIpc) is 2.71. The van der Waals surface area contributed by atoms with Gasteiger partial charge in [-0.3, -0.25) is 9.78 Å². The number of carbonyl (C=O) groups excluding carboxylic acids is 1. The number of Topliss-reactive ketones (excluding diaryl/α,β-unsaturated/α-hetero) is 1. The number of pyridine rings is 1. The first-order chi connectivity index (χ1) is 7.27. The number of rotatable bonds is 3. The van der Waals surface area contributed by atoms with Gasteiger partial charge in [0.15, 0.2) is 11.6 Å². The maximum atomic E-state index is 13.2. The lowest BCUT2D eigenvalue weighted by molar-refractivity contribution is 0.0960. The first kappa shape index (κ1) is 10.2. The highest BCUT2D eigenvalue weighted by atomic mass is 19.1. The summed E-state index contributed by atoms with van der Waals surface area (Å²) in [5.74, 6) is -0.290. The van der Waals surface area contributed by atoms with Crippen LogP contribution in [0.25, 0.3) is 0 Å². The SMILES string of the molecule is O=C(CC1CCNC1)c1ccncc1F. The summed E-state index contributed by atoms with van der Waals surface area (Å²) in [6.45, 7) is 1.81. The van der Waals surface area contributed by atoms with E-state index in [0.29, 0.717) is 12.3 Å². The van der Waals surface area contributed by atoms with E-state index in [9.17, 15) is 9.18 Å². The maximum Gasteiger partial charge on any atom is 0.166 e. The Morgan fingerprint density at radius 3 is 3.20 bits per heavy atom. The zero-order chi connectivity index (χ0) is 10.7. The van der Waals surface area contributed by atoms with E-state index in [-0.39, 0.29) is 11.3 Å². The summed E-state index contributed by atoms with van der Waals surface area (Å²) in [5.41, 5.74) is 0.164. The van der Waals surface area contributed by atoms with E-state index >= 15 is 0 Å². The number of halogens is 1. The van der Waals surface area contributed by atoms with Gasteiger partial charge in [-0.05, 0) is 31.5 Å². The van der Waals surface area contributed by atoms with Crippen molar-refractivity contribution in [1.29, 1.82) is 0 Å². The fraction of sp³-hybridized carbons (Fsp3) is 0.455. The van der Waals surface area contributed by atoms with Crippen molar-refractivity contribution in [2.45, 2.75) is 12.8 Å². The van der Waals surface area contributed by atoms with Gasteiger partial charge in [0, 0.05) is 12.6 Å². The highest BCUT2D eigenvalue weighted by Gasteiger charge is 2.20. The van der Waals surface area contributed by atoms with Crippen LogP contribution < -0.4 is 5.32 Å². The lowest BCUT2D eigenvalue weighted by Crippen LogP contribution is -2.13. The van der Waals surface area contributed by atoms with Crippen LogP contribution in [0, 0.1) is 11.7 Å². The highest BCUT2D eigenvalue weighted by Crippen LogP contribution is 2.17. The Bertz CT molecular complexity index is 361. The summed E-state index contributed by atoms with van der Waals surface area (Å²) >= 11 is 0. The van der Waals surface area contributed by atoms with Gasteiger partial charge in [0.05, 0.1) is 11.8 Å². The van der Waals surface area contributed by atoms with Crippen LogP contribution in [0.1, 0.15) is 23.2 Å². The molecule has 1 aromatic heterocycles. The monoisotopic (exact) mass is 208 g/mol. The molecule has 0 aromatic carbocycles. The van der Waals surface area contributed by atoms with Crippen molar-refractivity contribution in [3.63, 3.8) is 0 Å². The van der Waals surface area contributed by atoms with Gasteiger partial charge in [0.25, 0.3) is 0 Å². The zero-order valence-corrected chi connectivity index (χ0v) is 8.37. The zero-order valence-electron chi connectivity index (χ0n) is 8.37. The van der Waals surface area contributed by atoms with Crippen molar-refractivity contribution in [2.75, 3.05) is 13.1 Å². The fourth-order valence-electron chi connectivity index (χ4n) is 1.86. The van der Waals surface area contributed by atoms with Crippen LogP contribution in [0.5, 0.6) is 0 Å². The number of carbonyl (C=O) groups is 1. The highest BCUT2D eigenvalue weighted by molar-refractivity contribution is 5.96.